The van der Waals surface area contributed by atoms with Gasteiger partial charge in [0.05, 0.1) is 20.0 Å². The van der Waals surface area contributed by atoms with Crippen molar-refractivity contribution in [2.45, 2.75) is 0 Å². The van der Waals surface area contributed by atoms with Gasteiger partial charge in [-0.15, -0.1) is 0 Å². The topological polar surface area (TPSA) is 72.9 Å². The minimum Gasteiger partial charge on any atom is -0.468 e. The first-order valence-corrected chi connectivity index (χ1v) is 5.84. The molecular weight excluding hydrogens is 234 g/mol. The maximum Gasteiger partial charge on any atom is 0.325 e. The number of methoxy groups -OCH3 is 2. The monoisotopic (exact) mass is 249 g/mol. The van der Waals surface area contributed by atoms with Crippen LogP contribution in [0, 0.1) is 0 Å². The molecule has 0 saturated carbocycles. The number of esters is 2. The number of amides is 1. The van der Waals surface area contributed by atoms with Crippen LogP contribution in [0.3, 0.4) is 0 Å². The van der Waals surface area contributed by atoms with E-state index < -0.39 is 11.9 Å². The van der Waals surface area contributed by atoms with Crippen molar-refractivity contribution in [2.24, 2.45) is 0 Å². The normalized spacial score (nSPS) is 9.44. The van der Waals surface area contributed by atoms with Crippen molar-refractivity contribution in [3.63, 3.8) is 0 Å². The van der Waals surface area contributed by atoms with Crippen molar-refractivity contribution in [1.29, 1.82) is 0 Å². The Morgan fingerprint density at radius 2 is 1.50 bits per heavy atom. The maximum absolute atomic E-state index is 11.5. The summed E-state index contributed by atoms with van der Waals surface area (Å²) in [6.07, 6.45) is 1.76. The Balaban J connectivity index is 4.43. The van der Waals surface area contributed by atoms with Crippen LogP contribution in [0.15, 0.2) is 0 Å². The molecule has 6 nitrogen and oxygen atoms in total. The van der Waals surface area contributed by atoms with Crippen LogP contribution in [0.5, 0.6) is 0 Å². The second-order valence-electron chi connectivity index (χ2n) is 2.84. The summed E-state index contributed by atoms with van der Waals surface area (Å²) in [6.45, 7) is -0.490. The Bertz CT molecular complexity index is 251. The van der Waals surface area contributed by atoms with Gasteiger partial charge in [-0.25, -0.2) is 0 Å². The maximum atomic E-state index is 11.5. The van der Waals surface area contributed by atoms with Gasteiger partial charge in [0.1, 0.15) is 13.1 Å². The van der Waals surface area contributed by atoms with Crippen LogP contribution in [0.1, 0.15) is 0 Å². The number of rotatable bonds is 6. The lowest BCUT2D eigenvalue weighted by Gasteiger charge is -2.19. The fourth-order valence-electron chi connectivity index (χ4n) is 0.888. The van der Waals surface area contributed by atoms with E-state index in [1.165, 1.54) is 26.0 Å². The Morgan fingerprint density at radius 1 is 1.06 bits per heavy atom. The molecule has 1 amide bonds. The highest BCUT2D eigenvalue weighted by atomic mass is 32.2. The summed E-state index contributed by atoms with van der Waals surface area (Å²) in [4.78, 5) is 34.7. The third-order valence-electron chi connectivity index (χ3n) is 1.72. The van der Waals surface area contributed by atoms with Crippen molar-refractivity contribution in [1.82, 2.24) is 4.90 Å². The van der Waals surface area contributed by atoms with E-state index in [9.17, 15) is 14.4 Å². The molecule has 0 aliphatic heterocycles. The van der Waals surface area contributed by atoms with Gasteiger partial charge in [-0.05, 0) is 6.26 Å². The van der Waals surface area contributed by atoms with Crippen LogP contribution in [-0.2, 0) is 23.9 Å². The molecule has 0 fully saturated rings. The first kappa shape index (κ1) is 14.8. The molecule has 7 heteroatoms. The fraction of sp³-hybridized carbons (Fsp3) is 0.667. The number of ether oxygens (including phenoxy) is 2. The largest absolute Gasteiger partial charge is 0.468 e. The van der Waals surface area contributed by atoms with E-state index >= 15 is 0 Å². The summed E-state index contributed by atoms with van der Waals surface area (Å²) in [5.74, 6) is -1.24. The molecule has 92 valence electrons. The van der Waals surface area contributed by atoms with E-state index in [0.29, 0.717) is 0 Å². The number of nitrogens with zero attached hydrogens (tertiary/aromatic N) is 1. The third kappa shape index (κ3) is 5.59. The summed E-state index contributed by atoms with van der Waals surface area (Å²) >= 11 is 1.31. The van der Waals surface area contributed by atoms with E-state index in [1.807, 2.05) is 0 Å². The van der Waals surface area contributed by atoms with Crippen LogP contribution < -0.4 is 0 Å². The minimum absolute atomic E-state index is 0.202. The number of hydrogen-bond acceptors (Lipinski definition) is 6. The molecule has 0 saturated heterocycles. The highest BCUT2D eigenvalue weighted by Gasteiger charge is 2.20. The molecule has 0 atom stereocenters. The van der Waals surface area contributed by atoms with E-state index in [4.69, 9.17) is 0 Å². The smallest absolute Gasteiger partial charge is 0.325 e. The standard InChI is InChI=1S/C9H15NO5S/c1-14-8(12)4-10(5-9(13)15-2)7(11)6-16-3/h4-6H2,1-3H3. The van der Waals surface area contributed by atoms with Crippen LogP contribution in [0.25, 0.3) is 0 Å². The molecule has 0 bridgehead atoms. The van der Waals surface area contributed by atoms with Crippen LogP contribution in [0.4, 0.5) is 0 Å². The minimum atomic E-state index is -0.571. The van der Waals surface area contributed by atoms with Gasteiger partial charge in [0.2, 0.25) is 5.91 Å². The molecular formula is C9H15NO5S. The zero-order chi connectivity index (χ0) is 12.6. The van der Waals surface area contributed by atoms with Gasteiger partial charge in [-0.2, -0.15) is 11.8 Å². The number of carbonyl (C=O) groups excluding carboxylic acids is 3. The molecule has 0 aliphatic carbocycles. The molecule has 0 aliphatic rings. The van der Waals surface area contributed by atoms with Gasteiger partial charge in [0.25, 0.3) is 0 Å². The van der Waals surface area contributed by atoms with E-state index in [0.717, 1.165) is 4.90 Å². The van der Waals surface area contributed by atoms with Crippen molar-refractivity contribution >= 4 is 29.6 Å². The Hall–Kier alpha value is -1.24. The predicted molar refractivity (Wildman–Crippen MR) is 59.0 cm³/mol. The number of hydrogen-bond donors (Lipinski definition) is 0. The molecule has 0 rings (SSSR count). The number of carbonyl (C=O) groups is 3. The van der Waals surface area contributed by atoms with Crippen LogP contribution >= 0.6 is 11.8 Å². The van der Waals surface area contributed by atoms with E-state index in [2.05, 4.69) is 9.47 Å². The fourth-order valence-corrected chi connectivity index (χ4v) is 1.32. The summed E-state index contributed by atoms with van der Waals surface area (Å²) in [6, 6.07) is 0. The Kier molecular flexibility index (Phi) is 7.36. The lowest BCUT2D eigenvalue weighted by molar-refractivity contribution is -0.151. The zero-order valence-electron chi connectivity index (χ0n) is 9.52. The molecule has 0 aromatic carbocycles. The first-order valence-electron chi connectivity index (χ1n) is 4.45. The lowest BCUT2D eigenvalue weighted by Crippen LogP contribution is -2.41. The molecule has 0 heterocycles. The van der Waals surface area contributed by atoms with Crippen molar-refractivity contribution in [2.75, 3.05) is 39.3 Å². The second kappa shape index (κ2) is 7.98. The van der Waals surface area contributed by atoms with E-state index in [-0.39, 0.29) is 24.7 Å². The van der Waals surface area contributed by atoms with Gasteiger partial charge in [0.15, 0.2) is 0 Å². The average molecular weight is 249 g/mol. The van der Waals surface area contributed by atoms with Gasteiger partial charge >= 0.3 is 11.9 Å². The SMILES string of the molecule is COC(=O)CN(CC(=O)OC)C(=O)CSC. The van der Waals surface area contributed by atoms with Gasteiger partial charge in [-0.1, -0.05) is 0 Å². The van der Waals surface area contributed by atoms with Gasteiger partial charge in [0, 0.05) is 0 Å². The molecule has 16 heavy (non-hydrogen) atoms. The zero-order valence-corrected chi connectivity index (χ0v) is 10.3. The highest BCUT2D eigenvalue weighted by molar-refractivity contribution is 7.99. The van der Waals surface area contributed by atoms with E-state index in [1.54, 1.807) is 6.26 Å². The lowest BCUT2D eigenvalue weighted by atomic mass is 10.4. The third-order valence-corrected chi connectivity index (χ3v) is 2.25. The molecule has 0 aromatic heterocycles. The van der Waals surface area contributed by atoms with Crippen molar-refractivity contribution in [3.8, 4) is 0 Å². The van der Waals surface area contributed by atoms with Crippen LogP contribution in [0.2, 0.25) is 0 Å². The molecule has 0 radical (unpaired) electrons. The number of thioether (sulfide) groups is 1. The second-order valence-corrected chi connectivity index (χ2v) is 3.70. The summed E-state index contributed by atoms with van der Waals surface area (Å²) in [7, 11) is 2.44. The summed E-state index contributed by atoms with van der Waals surface area (Å²) in [5.41, 5.74) is 0. The molecule has 0 unspecified atom stereocenters. The Labute approximate surface area is 98.3 Å². The first-order chi connectivity index (χ1) is 7.54. The molecule has 0 aromatic rings. The Morgan fingerprint density at radius 3 is 1.81 bits per heavy atom. The molecule has 0 spiro atoms. The van der Waals surface area contributed by atoms with Gasteiger partial charge in [-0.3, -0.25) is 14.4 Å². The van der Waals surface area contributed by atoms with Crippen molar-refractivity contribution < 1.29 is 23.9 Å². The summed E-state index contributed by atoms with van der Waals surface area (Å²) < 4.78 is 8.86. The highest BCUT2D eigenvalue weighted by Crippen LogP contribution is 1.99. The van der Waals surface area contributed by atoms with Gasteiger partial charge < -0.3 is 14.4 Å². The molecule has 0 N–H and O–H groups in total. The summed E-state index contributed by atoms with van der Waals surface area (Å²) in [5, 5.41) is 0. The average Bonchev–Trinajstić information content (AvgIpc) is 2.27. The predicted octanol–water partition coefficient (Wildman–Crippen LogP) is -0.476. The quantitative estimate of drug-likeness (QED) is 0.592. The van der Waals surface area contributed by atoms with Crippen molar-refractivity contribution in [3.05, 3.63) is 0 Å². The van der Waals surface area contributed by atoms with Crippen LogP contribution in [-0.4, -0.2) is 62.1 Å².